The molecule has 1 rings (SSSR count). The van der Waals surface area contributed by atoms with Crippen LogP contribution >= 0.6 is 0 Å². The summed E-state index contributed by atoms with van der Waals surface area (Å²) in [6.45, 7) is 8.81. The fourth-order valence-corrected chi connectivity index (χ4v) is 2.30. The first kappa shape index (κ1) is 13.5. The lowest BCUT2D eigenvalue weighted by Crippen LogP contribution is -2.13. The van der Waals surface area contributed by atoms with Crippen molar-refractivity contribution in [1.82, 2.24) is 0 Å². The number of hydrogen-bond acceptors (Lipinski definition) is 1. The van der Waals surface area contributed by atoms with Gasteiger partial charge in [0.25, 0.3) is 0 Å². The molecule has 92 valence electrons. The molecule has 16 heavy (non-hydrogen) atoms. The van der Waals surface area contributed by atoms with Gasteiger partial charge in [-0.1, -0.05) is 51.0 Å². The number of rotatable bonds is 7. The molecule has 1 heteroatoms. The summed E-state index contributed by atoms with van der Waals surface area (Å²) in [6.07, 6.45) is 14.0. The largest absolute Gasteiger partial charge is 0.366 e. The molecule has 0 aromatic heterocycles. The molecule has 0 N–H and O–H groups in total. The molecule has 1 saturated heterocycles. The predicted molar refractivity (Wildman–Crippen MR) is 70.5 cm³/mol. The standard InChI is InChI=1S/C15H26O/c1-5-7-9-10-13(3)12-15(4)14(16-15)11-8-6-2/h5,7,9-10,13-14H,6,8,11-12H2,1-4H3/b7-5-,10-9+/t13?,14?,15-/m1/s1. The van der Waals surface area contributed by atoms with Crippen molar-refractivity contribution in [3.63, 3.8) is 0 Å². The Balaban J connectivity index is 2.27. The lowest BCUT2D eigenvalue weighted by molar-refractivity contribution is 0.279. The Morgan fingerprint density at radius 2 is 2.12 bits per heavy atom. The fourth-order valence-electron chi connectivity index (χ4n) is 2.30. The third-order valence-electron chi connectivity index (χ3n) is 3.33. The highest BCUT2D eigenvalue weighted by Crippen LogP contribution is 2.44. The average Bonchev–Trinajstić information content (AvgIpc) is 2.86. The van der Waals surface area contributed by atoms with E-state index in [0.29, 0.717) is 12.0 Å². The normalized spacial score (nSPS) is 31.4. The van der Waals surface area contributed by atoms with Gasteiger partial charge in [0, 0.05) is 0 Å². The zero-order valence-electron chi connectivity index (χ0n) is 11.2. The summed E-state index contributed by atoms with van der Waals surface area (Å²) in [6, 6.07) is 0. The molecule has 0 bridgehead atoms. The van der Waals surface area contributed by atoms with Crippen LogP contribution in [0.15, 0.2) is 24.3 Å². The topological polar surface area (TPSA) is 12.5 Å². The molecule has 1 aliphatic heterocycles. The molecular formula is C15H26O. The highest BCUT2D eigenvalue weighted by Gasteiger charge is 2.51. The summed E-state index contributed by atoms with van der Waals surface area (Å²) in [5, 5.41) is 0. The minimum absolute atomic E-state index is 0.162. The maximum absolute atomic E-state index is 5.83. The molecule has 1 nitrogen and oxygen atoms in total. The van der Waals surface area contributed by atoms with E-state index in [9.17, 15) is 0 Å². The summed E-state index contributed by atoms with van der Waals surface area (Å²) >= 11 is 0. The van der Waals surface area contributed by atoms with E-state index in [2.05, 4.69) is 45.1 Å². The molecule has 0 aromatic rings. The summed E-state index contributed by atoms with van der Waals surface area (Å²) in [4.78, 5) is 0. The van der Waals surface area contributed by atoms with E-state index in [-0.39, 0.29) is 5.60 Å². The van der Waals surface area contributed by atoms with Crippen LogP contribution in [0.4, 0.5) is 0 Å². The van der Waals surface area contributed by atoms with Gasteiger partial charge in [-0.2, -0.15) is 0 Å². The molecule has 0 saturated carbocycles. The molecule has 2 unspecified atom stereocenters. The van der Waals surface area contributed by atoms with Gasteiger partial charge in [0.05, 0.1) is 11.7 Å². The Hall–Kier alpha value is -0.560. The van der Waals surface area contributed by atoms with Gasteiger partial charge in [0.15, 0.2) is 0 Å². The molecule has 3 atom stereocenters. The van der Waals surface area contributed by atoms with E-state index in [4.69, 9.17) is 4.74 Å². The van der Waals surface area contributed by atoms with Crippen LogP contribution in [0.3, 0.4) is 0 Å². The number of epoxide rings is 1. The van der Waals surface area contributed by atoms with Gasteiger partial charge in [0.2, 0.25) is 0 Å². The first-order chi connectivity index (χ1) is 7.62. The van der Waals surface area contributed by atoms with Gasteiger partial charge in [-0.25, -0.2) is 0 Å². The van der Waals surface area contributed by atoms with Gasteiger partial charge in [-0.15, -0.1) is 0 Å². The van der Waals surface area contributed by atoms with Crippen LogP contribution in [-0.4, -0.2) is 11.7 Å². The van der Waals surface area contributed by atoms with Crippen molar-refractivity contribution >= 4 is 0 Å². The van der Waals surface area contributed by atoms with Crippen molar-refractivity contribution in [3.8, 4) is 0 Å². The van der Waals surface area contributed by atoms with E-state index < -0.39 is 0 Å². The second kappa shape index (κ2) is 6.24. The van der Waals surface area contributed by atoms with Gasteiger partial charge in [-0.05, 0) is 32.6 Å². The average molecular weight is 222 g/mol. The summed E-state index contributed by atoms with van der Waals surface area (Å²) < 4.78 is 5.83. The van der Waals surface area contributed by atoms with E-state index in [1.165, 1.54) is 19.3 Å². The predicted octanol–water partition coefficient (Wildman–Crippen LogP) is 4.49. The van der Waals surface area contributed by atoms with Crippen molar-refractivity contribution < 1.29 is 4.74 Å². The summed E-state index contributed by atoms with van der Waals surface area (Å²) in [5.41, 5.74) is 0.162. The van der Waals surface area contributed by atoms with Crippen molar-refractivity contribution in [2.75, 3.05) is 0 Å². The van der Waals surface area contributed by atoms with Crippen LogP contribution in [-0.2, 0) is 4.74 Å². The van der Waals surface area contributed by atoms with Crippen molar-refractivity contribution in [2.24, 2.45) is 5.92 Å². The zero-order valence-corrected chi connectivity index (χ0v) is 11.2. The smallest absolute Gasteiger partial charge is 0.0926 e. The molecule has 0 aliphatic carbocycles. The Labute approximate surface area is 101 Å². The molecular weight excluding hydrogens is 196 g/mol. The van der Waals surface area contributed by atoms with Crippen LogP contribution in [0.5, 0.6) is 0 Å². The zero-order chi connectivity index (χ0) is 12.0. The van der Waals surface area contributed by atoms with E-state index in [0.717, 1.165) is 6.42 Å². The minimum atomic E-state index is 0.162. The van der Waals surface area contributed by atoms with E-state index >= 15 is 0 Å². The van der Waals surface area contributed by atoms with Crippen LogP contribution in [0, 0.1) is 5.92 Å². The Kier molecular flexibility index (Phi) is 5.27. The number of allylic oxidation sites excluding steroid dienone is 4. The van der Waals surface area contributed by atoms with E-state index in [1.807, 2.05) is 6.92 Å². The highest BCUT2D eigenvalue weighted by atomic mass is 16.6. The number of hydrogen-bond donors (Lipinski definition) is 0. The quantitative estimate of drug-likeness (QED) is 0.456. The lowest BCUT2D eigenvalue weighted by Gasteiger charge is -2.10. The molecule has 0 spiro atoms. The monoisotopic (exact) mass is 222 g/mol. The van der Waals surface area contributed by atoms with Gasteiger partial charge in [-0.3, -0.25) is 0 Å². The first-order valence-corrected chi connectivity index (χ1v) is 6.59. The van der Waals surface area contributed by atoms with Crippen LogP contribution in [0.25, 0.3) is 0 Å². The minimum Gasteiger partial charge on any atom is -0.366 e. The van der Waals surface area contributed by atoms with Crippen LogP contribution < -0.4 is 0 Å². The highest BCUT2D eigenvalue weighted by molar-refractivity contribution is 5.06. The van der Waals surface area contributed by atoms with E-state index in [1.54, 1.807) is 0 Å². The molecule has 0 radical (unpaired) electrons. The van der Waals surface area contributed by atoms with Crippen LogP contribution in [0.1, 0.15) is 53.4 Å². The molecule has 0 amide bonds. The third-order valence-corrected chi connectivity index (χ3v) is 3.33. The molecule has 1 aliphatic rings. The van der Waals surface area contributed by atoms with Crippen molar-refractivity contribution in [3.05, 3.63) is 24.3 Å². The third kappa shape index (κ3) is 4.13. The molecule has 1 fully saturated rings. The first-order valence-electron chi connectivity index (χ1n) is 6.59. The maximum Gasteiger partial charge on any atom is 0.0926 e. The van der Waals surface area contributed by atoms with Gasteiger partial charge >= 0.3 is 0 Å². The SMILES string of the molecule is C/C=C\C=C\C(C)C[C@@]1(C)OC1CCCC. The molecule has 1 heterocycles. The second-order valence-corrected chi connectivity index (χ2v) is 5.15. The number of unbranched alkanes of at least 4 members (excludes halogenated alkanes) is 1. The van der Waals surface area contributed by atoms with Crippen molar-refractivity contribution in [2.45, 2.75) is 65.1 Å². The Bertz CT molecular complexity index is 254. The number of ether oxygens (including phenoxy) is 1. The van der Waals surface area contributed by atoms with Gasteiger partial charge in [0.1, 0.15) is 0 Å². The summed E-state index contributed by atoms with van der Waals surface area (Å²) in [5.74, 6) is 0.604. The Morgan fingerprint density at radius 1 is 1.38 bits per heavy atom. The maximum atomic E-state index is 5.83. The molecule has 0 aromatic carbocycles. The summed E-state index contributed by atoms with van der Waals surface area (Å²) in [7, 11) is 0. The van der Waals surface area contributed by atoms with Crippen LogP contribution in [0.2, 0.25) is 0 Å². The second-order valence-electron chi connectivity index (χ2n) is 5.15. The fraction of sp³-hybridized carbons (Fsp3) is 0.733. The Morgan fingerprint density at radius 3 is 2.75 bits per heavy atom. The van der Waals surface area contributed by atoms with Crippen molar-refractivity contribution in [1.29, 1.82) is 0 Å². The lowest BCUT2D eigenvalue weighted by atomic mass is 9.92. The van der Waals surface area contributed by atoms with Gasteiger partial charge < -0.3 is 4.74 Å².